The van der Waals surface area contributed by atoms with Crippen molar-refractivity contribution < 1.29 is 23.1 Å². The third-order valence-corrected chi connectivity index (χ3v) is 4.77. The molecule has 0 bridgehead atoms. The number of nitrogens with zero attached hydrogens (tertiary/aromatic N) is 2. The Morgan fingerprint density at radius 1 is 1.26 bits per heavy atom. The SMILES string of the molecule is CCc1nc2cc(C(F)(F)F)c(Cl)cc2n1-c1ccc(C(C)C(=O)O)cc1. The molecule has 0 aliphatic heterocycles. The van der Waals surface area contributed by atoms with Crippen LogP contribution in [0.3, 0.4) is 0 Å². The first-order chi connectivity index (χ1) is 12.6. The number of imidazole rings is 1. The van der Waals surface area contributed by atoms with Crippen molar-refractivity contribution in [3.05, 3.63) is 58.4 Å². The van der Waals surface area contributed by atoms with E-state index in [-0.39, 0.29) is 5.52 Å². The summed E-state index contributed by atoms with van der Waals surface area (Å²) in [6.07, 6.45) is -4.06. The lowest BCUT2D eigenvalue weighted by atomic mass is 10.0. The molecule has 0 amide bonds. The summed E-state index contributed by atoms with van der Waals surface area (Å²) < 4.78 is 41.1. The Bertz CT molecular complexity index is 1010. The lowest BCUT2D eigenvalue weighted by molar-refractivity contribution is -0.138. The average molecular weight is 397 g/mol. The number of benzene rings is 2. The molecular formula is C19H16ClF3N2O2. The molecule has 0 aliphatic carbocycles. The van der Waals surface area contributed by atoms with Crippen molar-refractivity contribution in [2.45, 2.75) is 32.4 Å². The number of carboxylic acids is 1. The second kappa shape index (κ2) is 6.88. The van der Waals surface area contributed by atoms with E-state index in [4.69, 9.17) is 16.7 Å². The van der Waals surface area contributed by atoms with Crippen LogP contribution in [0.2, 0.25) is 5.02 Å². The van der Waals surface area contributed by atoms with Crippen LogP contribution in [0.15, 0.2) is 36.4 Å². The van der Waals surface area contributed by atoms with Crippen LogP contribution in [0.5, 0.6) is 0 Å². The van der Waals surface area contributed by atoms with E-state index in [1.165, 1.54) is 6.07 Å². The minimum atomic E-state index is -4.56. The zero-order valence-corrected chi connectivity index (χ0v) is 15.3. The van der Waals surface area contributed by atoms with Gasteiger partial charge in [0.15, 0.2) is 0 Å². The van der Waals surface area contributed by atoms with Crippen molar-refractivity contribution in [2.75, 3.05) is 0 Å². The van der Waals surface area contributed by atoms with Gasteiger partial charge in [0.1, 0.15) is 5.82 Å². The molecule has 0 radical (unpaired) electrons. The lowest BCUT2D eigenvalue weighted by Crippen LogP contribution is -2.08. The molecule has 27 heavy (non-hydrogen) atoms. The molecule has 4 nitrogen and oxygen atoms in total. The Morgan fingerprint density at radius 3 is 2.41 bits per heavy atom. The van der Waals surface area contributed by atoms with Crippen molar-refractivity contribution in [1.29, 1.82) is 0 Å². The summed E-state index contributed by atoms with van der Waals surface area (Å²) in [6.45, 7) is 3.44. The summed E-state index contributed by atoms with van der Waals surface area (Å²) in [4.78, 5) is 15.4. The fourth-order valence-corrected chi connectivity index (χ4v) is 3.21. The summed E-state index contributed by atoms with van der Waals surface area (Å²) in [7, 11) is 0. The molecule has 1 atom stereocenters. The zero-order valence-electron chi connectivity index (χ0n) is 14.5. The average Bonchev–Trinajstić information content (AvgIpc) is 2.97. The van der Waals surface area contributed by atoms with E-state index in [0.717, 1.165) is 6.07 Å². The number of carbonyl (C=O) groups is 1. The highest BCUT2D eigenvalue weighted by Crippen LogP contribution is 2.37. The first kappa shape index (κ1) is 19.2. The van der Waals surface area contributed by atoms with Gasteiger partial charge in [-0.05, 0) is 36.8 Å². The Balaban J connectivity index is 2.16. The number of halogens is 4. The molecule has 0 saturated heterocycles. The van der Waals surface area contributed by atoms with E-state index < -0.39 is 28.6 Å². The van der Waals surface area contributed by atoms with Gasteiger partial charge in [0.2, 0.25) is 0 Å². The van der Waals surface area contributed by atoms with Crippen LogP contribution in [0.4, 0.5) is 13.2 Å². The Kier molecular flexibility index (Phi) is 4.90. The monoisotopic (exact) mass is 396 g/mol. The maximum atomic E-state index is 13.1. The Labute approximate surface area is 158 Å². The number of hydrogen-bond acceptors (Lipinski definition) is 2. The molecule has 1 aromatic heterocycles. The number of aromatic nitrogens is 2. The van der Waals surface area contributed by atoms with E-state index >= 15 is 0 Å². The lowest BCUT2D eigenvalue weighted by Gasteiger charge is -2.12. The first-order valence-corrected chi connectivity index (χ1v) is 8.62. The van der Waals surface area contributed by atoms with Gasteiger partial charge in [-0.15, -0.1) is 0 Å². The number of alkyl halides is 3. The van der Waals surface area contributed by atoms with Crippen LogP contribution >= 0.6 is 11.6 Å². The fraction of sp³-hybridized carbons (Fsp3) is 0.263. The number of hydrogen-bond donors (Lipinski definition) is 1. The highest BCUT2D eigenvalue weighted by Gasteiger charge is 2.34. The van der Waals surface area contributed by atoms with Crippen LogP contribution in [0, 0.1) is 0 Å². The predicted molar refractivity (Wildman–Crippen MR) is 96.5 cm³/mol. The first-order valence-electron chi connectivity index (χ1n) is 8.24. The quantitative estimate of drug-likeness (QED) is 0.638. The van der Waals surface area contributed by atoms with Crippen LogP contribution in [-0.4, -0.2) is 20.6 Å². The van der Waals surface area contributed by atoms with Gasteiger partial charge in [-0.3, -0.25) is 9.36 Å². The number of rotatable bonds is 4. The fourth-order valence-electron chi connectivity index (χ4n) is 2.95. The standard InChI is InChI=1S/C19H16ClF3N2O2/c1-3-17-24-15-8-13(19(21,22)23)14(20)9-16(15)25(17)12-6-4-11(5-7-12)10(2)18(26)27/h4-10H,3H2,1-2H3,(H,26,27). The van der Waals surface area contributed by atoms with E-state index in [1.807, 2.05) is 6.92 Å². The molecule has 1 heterocycles. The van der Waals surface area contributed by atoms with Gasteiger partial charge >= 0.3 is 12.1 Å². The summed E-state index contributed by atoms with van der Waals surface area (Å²) in [6, 6.07) is 9.03. The second-order valence-corrected chi connectivity index (χ2v) is 6.59. The maximum absolute atomic E-state index is 13.1. The summed E-state index contributed by atoms with van der Waals surface area (Å²) in [5.74, 6) is -1.01. The topological polar surface area (TPSA) is 55.1 Å². The maximum Gasteiger partial charge on any atom is 0.417 e. The largest absolute Gasteiger partial charge is 0.481 e. The van der Waals surface area contributed by atoms with Gasteiger partial charge < -0.3 is 5.11 Å². The van der Waals surface area contributed by atoms with Crippen LogP contribution in [0.1, 0.15) is 36.7 Å². The van der Waals surface area contributed by atoms with Crippen molar-refractivity contribution in [3.63, 3.8) is 0 Å². The van der Waals surface area contributed by atoms with Gasteiger partial charge in [-0.2, -0.15) is 13.2 Å². The predicted octanol–water partition coefficient (Wildman–Crippen LogP) is 5.45. The molecule has 0 aliphatic rings. The van der Waals surface area contributed by atoms with Gasteiger partial charge in [0.25, 0.3) is 0 Å². The van der Waals surface area contributed by atoms with Gasteiger partial charge in [0, 0.05) is 12.1 Å². The highest BCUT2D eigenvalue weighted by atomic mass is 35.5. The van der Waals surface area contributed by atoms with Crippen LogP contribution in [-0.2, 0) is 17.4 Å². The molecule has 142 valence electrons. The van der Waals surface area contributed by atoms with Crippen molar-refractivity contribution in [1.82, 2.24) is 9.55 Å². The number of aryl methyl sites for hydroxylation is 1. The number of aliphatic carboxylic acids is 1. The van der Waals surface area contributed by atoms with Gasteiger partial charge in [0.05, 0.1) is 27.5 Å². The molecule has 3 rings (SSSR count). The highest BCUT2D eigenvalue weighted by molar-refractivity contribution is 6.32. The minimum absolute atomic E-state index is 0.201. The number of fused-ring (bicyclic) bond motifs is 1. The summed E-state index contributed by atoms with van der Waals surface area (Å²) >= 11 is 5.87. The zero-order chi connectivity index (χ0) is 19.9. The van der Waals surface area contributed by atoms with E-state index in [1.54, 1.807) is 35.8 Å². The molecule has 1 N–H and O–H groups in total. The third-order valence-electron chi connectivity index (χ3n) is 4.46. The molecule has 1 unspecified atom stereocenters. The molecule has 0 saturated carbocycles. The molecule has 3 aromatic rings. The van der Waals surface area contributed by atoms with Crippen LogP contribution in [0.25, 0.3) is 16.7 Å². The van der Waals surface area contributed by atoms with E-state index in [2.05, 4.69) is 4.98 Å². The van der Waals surface area contributed by atoms with Gasteiger partial charge in [-0.25, -0.2) is 4.98 Å². The molecule has 0 fully saturated rings. The van der Waals surface area contributed by atoms with E-state index in [0.29, 0.717) is 29.0 Å². The summed E-state index contributed by atoms with van der Waals surface area (Å²) in [5, 5.41) is 8.72. The van der Waals surface area contributed by atoms with Crippen molar-refractivity contribution >= 4 is 28.6 Å². The molecular weight excluding hydrogens is 381 g/mol. The minimum Gasteiger partial charge on any atom is -0.481 e. The van der Waals surface area contributed by atoms with Gasteiger partial charge in [-0.1, -0.05) is 30.7 Å². The molecule has 2 aromatic carbocycles. The normalized spacial score (nSPS) is 13.1. The Morgan fingerprint density at radius 2 is 1.89 bits per heavy atom. The van der Waals surface area contributed by atoms with Crippen molar-refractivity contribution in [3.8, 4) is 5.69 Å². The number of carboxylic acid groups (broad SMARTS) is 1. The van der Waals surface area contributed by atoms with Crippen molar-refractivity contribution in [2.24, 2.45) is 0 Å². The smallest absolute Gasteiger partial charge is 0.417 e. The third kappa shape index (κ3) is 3.51. The second-order valence-electron chi connectivity index (χ2n) is 6.19. The summed E-state index contributed by atoms with van der Waals surface area (Å²) in [5.41, 5.74) is 1.04. The van der Waals surface area contributed by atoms with Crippen LogP contribution < -0.4 is 0 Å². The molecule has 8 heteroatoms. The van der Waals surface area contributed by atoms with E-state index in [9.17, 15) is 18.0 Å². The molecule has 0 spiro atoms. The Hall–Kier alpha value is -2.54.